The van der Waals surface area contributed by atoms with Crippen LogP contribution in [0.1, 0.15) is 30.0 Å². The van der Waals surface area contributed by atoms with E-state index < -0.39 is 0 Å². The minimum Gasteiger partial charge on any atom is -0.311 e. The summed E-state index contributed by atoms with van der Waals surface area (Å²) in [4.78, 5) is 11.9. The van der Waals surface area contributed by atoms with Crippen molar-refractivity contribution < 1.29 is 4.79 Å². The summed E-state index contributed by atoms with van der Waals surface area (Å²) in [6, 6.07) is 8.24. The van der Waals surface area contributed by atoms with Crippen molar-refractivity contribution in [1.82, 2.24) is 10.2 Å². The number of benzene rings is 1. The summed E-state index contributed by atoms with van der Waals surface area (Å²) in [6.07, 6.45) is 3.83. The molecule has 0 spiro atoms. The maximum atomic E-state index is 11.9. The number of nitrogens with zero attached hydrogens (tertiary/aromatic N) is 1. The lowest BCUT2D eigenvalue weighted by molar-refractivity contribution is -0.116. The summed E-state index contributed by atoms with van der Waals surface area (Å²) in [5.74, 6) is 0.734. The Morgan fingerprint density at radius 3 is 3.00 bits per heavy atom. The van der Waals surface area contributed by atoms with E-state index in [0.717, 1.165) is 24.2 Å². The van der Waals surface area contributed by atoms with Gasteiger partial charge in [0.1, 0.15) is 5.82 Å². The second-order valence-electron chi connectivity index (χ2n) is 4.66. The summed E-state index contributed by atoms with van der Waals surface area (Å²) in [7, 11) is 0. The van der Waals surface area contributed by atoms with E-state index in [9.17, 15) is 4.79 Å². The van der Waals surface area contributed by atoms with Crippen LogP contribution in [-0.4, -0.2) is 16.1 Å². The molecular formula is C15H19N3O. The maximum absolute atomic E-state index is 11.9. The number of hydrogen-bond donors (Lipinski definition) is 2. The number of carbonyl (C=O) groups is 1. The highest BCUT2D eigenvalue weighted by Crippen LogP contribution is 2.12. The smallest absolute Gasteiger partial charge is 0.225 e. The van der Waals surface area contributed by atoms with Crippen LogP contribution in [0.3, 0.4) is 0 Å². The summed E-state index contributed by atoms with van der Waals surface area (Å²) in [5.41, 5.74) is 3.44. The fourth-order valence-electron chi connectivity index (χ4n) is 2.01. The second-order valence-corrected chi connectivity index (χ2v) is 4.66. The summed E-state index contributed by atoms with van der Waals surface area (Å²) >= 11 is 0. The number of carbonyl (C=O) groups excluding carboxylic acids is 1. The van der Waals surface area contributed by atoms with Crippen molar-refractivity contribution in [1.29, 1.82) is 0 Å². The maximum Gasteiger partial charge on any atom is 0.225 e. The van der Waals surface area contributed by atoms with Crippen molar-refractivity contribution in [2.45, 2.75) is 33.1 Å². The van der Waals surface area contributed by atoms with E-state index in [0.29, 0.717) is 6.42 Å². The SMILES string of the molecule is CCc1cn[nH]c1NC(=O)CCc1cccc(C)c1. The fourth-order valence-corrected chi connectivity index (χ4v) is 2.01. The molecule has 100 valence electrons. The Kier molecular flexibility index (Phi) is 4.34. The molecule has 0 aliphatic carbocycles. The van der Waals surface area contributed by atoms with Gasteiger partial charge in [-0.1, -0.05) is 36.8 Å². The van der Waals surface area contributed by atoms with Crippen molar-refractivity contribution in [2.75, 3.05) is 5.32 Å². The number of aromatic nitrogens is 2. The highest BCUT2D eigenvalue weighted by Gasteiger charge is 2.07. The molecule has 0 aliphatic rings. The van der Waals surface area contributed by atoms with Crippen LogP contribution in [0.25, 0.3) is 0 Å². The van der Waals surface area contributed by atoms with Gasteiger partial charge in [-0.2, -0.15) is 5.10 Å². The third-order valence-corrected chi connectivity index (χ3v) is 3.09. The fraction of sp³-hybridized carbons (Fsp3) is 0.333. The molecule has 0 radical (unpaired) electrons. The molecule has 2 rings (SSSR count). The molecular weight excluding hydrogens is 238 g/mol. The normalized spacial score (nSPS) is 10.4. The average molecular weight is 257 g/mol. The Bertz CT molecular complexity index is 560. The van der Waals surface area contributed by atoms with Crippen molar-refractivity contribution >= 4 is 11.7 Å². The second kappa shape index (κ2) is 6.18. The van der Waals surface area contributed by atoms with E-state index in [-0.39, 0.29) is 5.91 Å². The van der Waals surface area contributed by atoms with Gasteiger partial charge in [-0.15, -0.1) is 0 Å². The highest BCUT2D eigenvalue weighted by molar-refractivity contribution is 5.90. The van der Waals surface area contributed by atoms with Crippen LogP contribution in [-0.2, 0) is 17.6 Å². The first kappa shape index (κ1) is 13.3. The summed E-state index contributed by atoms with van der Waals surface area (Å²) in [5, 5.41) is 9.62. The molecule has 1 aromatic heterocycles. The molecule has 4 nitrogen and oxygen atoms in total. The molecule has 2 aromatic rings. The molecule has 1 aromatic carbocycles. The van der Waals surface area contributed by atoms with Gasteiger partial charge in [-0.3, -0.25) is 9.89 Å². The molecule has 19 heavy (non-hydrogen) atoms. The van der Waals surface area contributed by atoms with Crippen LogP contribution < -0.4 is 5.32 Å². The Morgan fingerprint density at radius 1 is 1.42 bits per heavy atom. The van der Waals surface area contributed by atoms with Crippen molar-refractivity contribution in [3.05, 3.63) is 47.2 Å². The van der Waals surface area contributed by atoms with E-state index in [1.54, 1.807) is 6.20 Å². The van der Waals surface area contributed by atoms with Crippen LogP contribution in [0.15, 0.2) is 30.5 Å². The molecule has 0 bridgehead atoms. The number of rotatable bonds is 5. The lowest BCUT2D eigenvalue weighted by atomic mass is 10.1. The first-order chi connectivity index (χ1) is 9.19. The lowest BCUT2D eigenvalue weighted by Gasteiger charge is -2.05. The Labute approximate surface area is 113 Å². The van der Waals surface area contributed by atoms with Gasteiger partial charge in [-0.25, -0.2) is 0 Å². The predicted molar refractivity (Wildman–Crippen MR) is 76.1 cm³/mol. The highest BCUT2D eigenvalue weighted by atomic mass is 16.1. The van der Waals surface area contributed by atoms with Gasteiger partial charge in [0, 0.05) is 12.0 Å². The van der Waals surface area contributed by atoms with E-state index >= 15 is 0 Å². The number of hydrogen-bond acceptors (Lipinski definition) is 2. The van der Waals surface area contributed by atoms with Gasteiger partial charge in [0.05, 0.1) is 6.20 Å². The Balaban J connectivity index is 1.88. The molecule has 1 heterocycles. The standard InChI is InChI=1S/C15H19N3O/c1-3-13-10-16-18-15(13)17-14(19)8-7-12-6-4-5-11(2)9-12/h4-6,9-10H,3,7-8H2,1-2H3,(H2,16,17,18,19). The van der Waals surface area contributed by atoms with Crippen LogP contribution >= 0.6 is 0 Å². The monoisotopic (exact) mass is 257 g/mol. The van der Waals surface area contributed by atoms with E-state index in [1.807, 2.05) is 19.1 Å². The molecule has 0 saturated carbocycles. The number of anilines is 1. The summed E-state index contributed by atoms with van der Waals surface area (Å²) in [6.45, 7) is 4.09. The zero-order chi connectivity index (χ0) is 13.7. The Morgan fingerprint density at radius 2 is 2.26 bits per heavy atom. The first-order valence-corrected chi connectivity index (χ1v) is 6.56. The zero-order valence-corrected chi connectivity index (χ0v) is 11.4. The van der Waals surface area contributed by atoms with Crippen molar-refractivity contribution in [2.24, 2.45) is 0 Å². The third-order valence-electron chi connectivity index (χ3n) is 3.09. The molecule has 0 aliphatic heterocycles. The van der Waals surface area contributed by atoms with Gasteiger partial charge in [0.25, 0.3) is 0 Å². The predicted octanol–water partition coefficient (Wildman–Crippen LogP) is 2.85. The minimum atomic E-state index is 0.0143. The molecule has 2 N–H and O–H groups in total. The van der Waals surface area contributed by atoms with Gasteiger partial charge in [0.15, 0.2) is 0 Å². The number of aryl methyl sites for hydroxylation is 3. The first-order valence-electron chi connectivity index (χ1n) is 6.56. The van der Waals surface area contributed by atoms with E-state index in [1.165, 1.54) is 11.1 Å². The van der Waals surface area contributed by atoms with Gasteiger partial charge >= 0.3 is 0 Å². The number of amides is 1. The van der Waals surface area contributed by atoms with Gasteiger partial charge < -0.3 is 5.32 Å². The average Bonchev–Trinajstić information content (AvgIpc) is 2.84. The van der Waals surface area contributed by atoms with E-state index in [2.05, 4.69) is 34.6 Å². The largest absolute Gasteiger partial charge is 0.311 e. The number of nitrogens with one attached hydrogen (secondary N) is 2. The topological polar surface area (TPSA) is 57.8 Å². The van der Waals surface area contributed by atoms with Crippen LogP contribution in [0.2, 0.25) is 0 Å². The zero-order valence-electron chi connectivity index (χ0n) is 11.4. The van der Waals surface area contributed by atoms with Crippen LogP contribution in [0.4, 0.5) is 5.82 Å². The minimum absolute atomic E-state index is 0.0143. The van der Waals surface area contributed by atoms with Gasteiger partial charge in [-0.05, 0) is 25.3 Å². The molecule has 0 unspecified atom stereocenters. The van der Waals surface area contributed by atoms with E-state index in [4.69, 9.17) is 0 Å². The molecule has 1 amide bonds. The third kappa shape index (κ3) is 3.68. The number of aromatic amines is 1. The molecule has 0 saturated heterocycles. The lowest BCUT2D eigenvalue weighted by Crippen LogP contribution is -2.13. The van der Waals surface area contributed by atoms with Crippen LogP contribution in [0, 0.1) is 6.92 Å². The molecule has 0 fully saturated rings. The van der Waals surface area contributed by atoms with Crippen molar-refractivity contribution in [3.8, 4) is 0 Å². The Hall–Kier alpha value is -2.10. The quantitative estimate of drug-likeness (QED) is 0.865. The molecule has 0 atom stereocenters. The summed E-state index contributed by atoms with van der Waals surface area (Å²) < 4.78 is 0. The van der Waals surface area contributed by atoms with Crippen LogP contribution in [0.5, 0.6) is 0 Å². The number of H-pyrrole nitrogens is 1. The van der Waals surface area contributed by atoms with Crippen molar-refractivity contribution in [3.63, 3.8) is 0 Å². The molecule has 4 heteroatoms. The van der Waals surface area contributed by atoms with Gasteiger partial charge in [0.2, 0.25) is 5.91 Å².